The van der Waals surface area contributed by atoms with E-state index < -0.39 is 11.7 Å². The lowest BCUT2D eigenvalue weighted by atomic mass is 10.1. The molecule has 0 aliphatic heterocycles. The average molecular weight is 411 g/mol. The number of alkyl halides is 3. The molecule has 0 saturated heterocycles. The molecule has 0 aliphatic rings. The minimum absolute atomic E-state index is 0.263. The van der Waals surface area contributed by atoms with Gasteiger partial charge in [-0.3, -0.25) is 14.8 Å². The molecule has 1 amide bonds. The molecule has 0 bridgehead atoms. The van der Waals surface area contributed by atoms with E-state index in [1.54, 1.807) is 23.2 Å². The summed E-state index contributed by atoms with van der Waals surface area (Å²) in [4.78, 5) is 22.5. The zero-order valence-corrected chi connectivity index (χ0v) is 16.4. The van der Waals surface area contributed by atoms with Crippen molar-refractivity contribution in [3.05, 3.63) is 90.4 Å². The zero-order chi connectivity index (χ0) is 21.7. The first-order chi connectivity index (χ1) is 14.3. The van der Waals surface area contributed by atoms with Gasteiger partial charge in [0.1, 0.15) is 0 Å². The Morgan fingerprint density at radius 2 is 1.83 bits per heavy atom. The molecule has 0 atom stereocenters. The van der Waals surface area contributed by atoms with Crippen LogP contribution in [0.2, 0.25) is 0 Å². The maximum atomic E-state index is 12.7. The molecule has 0 N–H and O–H groups in total. The summed E-state index contributed by atoms with van der Waals surface area (Å²) in [6.07, 6.45) is 0.716. The van der Waals surface area contributed by atoms with Crippen molar-refractivity contribution in [2.45, 2.75) is 19.5 Å². The molecule has 0 radical (unpaired) electrons. The van der Waals surface area contributed by atoms with Gasteiger partial charge in [0.25, 0.3) is 0 Å². The summed E-state index contributed by atoms with van der Waals surface area (Å²) in [5.41, 5.74) is 2.88. The van der Waals surface area contributed by atoms with E-state index in [1.165, 1.54) is 24.4 Å². The Morgan fingerprint density at radius 3 is 2.40 bits per heavy atom. The third-order valence-electron chi connectivity index (χ3n) is 4.73. The molecule has 154 valence electrons. The van der Waals surface area contributed by atoms with E-state index >= 15 is 0 Å². The number of hydrogen-bond donors (Lipinski definition) is 0. The monoisotopic (exact) mass is 411 g/mol. The van der Waals surface area contributed by atoms with Crippen molar-refractivity contribution in [3.63, 3.8) is 0 Å². The number of amides is 1. The van der Waals surface area contributed by atoms with Crippen LogP contribution in [0, 0.1) is 6.92 Å². The fourth-order valence-electron chi connectivity index (χ4n) is 3.04. The first kappa shape index (κ1) is 21.2. The van der Waals surface area contributed by atoms with Crippen LogP contribution < -0.4 is 4.90 Å². The minimum Gasteiger partial charge on any atom is -0.307 e. The summed E-state index contributed by atoms with van der Waals surface area (Å²) < 4.78 is 38.2. The Kier molecular flexibility index (Phi) is 6.30. The number of carbonyl (C=O) groups is 1. The van der Waals surface area contributed by atoms with Crippen molar-refractivity contribution in [1.82, 2.24) is 9.97 Å². The van der Waals surface area contributed by atoms with Crippen LogP contribution in [-0.4, -0.2) is 22.4 Å². The summed E-state index contributed by atoms with van der Waals surface area (Å²) in [7, 11) is 0. The lowest BCUT2D eigenvalue weighted by molar-refractivity contribution is -0.137. The first-order valence-electron chi connectivity index (χ1n) is 9.27. The predicted octanol–water partition coefficient (Wildman–Crippen LogP) is 5.23. The topological polar surface area (TPSA) is 46.1 Å². The van der Waals surface area contributed by atoms with E-state index in [-0.39, 0.29) is 5.91 Å². The highest BCUT2D eigenvalue weighted by molar-refractivity contribution is 6.01. The third kappa shape index (κ3) is 4.92. The summed E-state index contributed by atoms with van der Waals surface area (Å²) in [5.74, 6) is -0.263. The number of aromatic nitrogens is 2. The van der Waals surface area contributed by atoms with E-state index in [1.807, 2.05) is 19.1 Å². The second kappa shape index (κ2) is 8.90. The molecule has 0 saturated carbocycles. The van der Waals surface area contributed by atoms with Gasteiger partial charge in [0.15, 0.2) is 0 Å². The number of halogens is 3. The standard InChI is InChI=1S/C23H20F3N3O/c1-3-22(30)29(14-12-17-5-4-13-27-16(17)2)20-10-11-21(28-15-20)18-6-8-19(9-7-18)23(24,25)26/h3-11,13,15H,1,12,14H2,2H3. The maximum absolute atomic E-state index is 12.7. The normalized spacial score (nSPS) is 11.2. The Hall–Kier alpha value is -3.48. The second-order valence-corrected chi connectivity index (χ2v) is 6.67. The third-order valence-corrected chi connectivity index (χ3v) is 4.73. The number of rotatable bonds is 6. The number of carbonyl (C=O) groups excluding carboxylic acids is 1. The molecule has 0 unspecified atom stereocenters. The van der Waals surface area contributed by atoms with Crippen molar-refractivity contribution in [1.29, 1.82) is 0 Å². The summed E-state index contributed by atoms with van der Waals surface area (Å²) in [5, 5.41) is 0. The lowest BCUT2D eigenvalue weighted by Gasteiger charge is -2.21. The van der Waals surface area contributed by atoms with E-state index in [0.29, 0.717) is 29.9 Å². The number of benzene rings is 1. The van der Waals surface area contributed by atoms with Crippen molar-refractivity contribution >= 4 is 11.6 Å². The van der Waals surface area contributed by atoms with Crippen LogP contribution in [-0.2, 0) is 17.4 Å². The molecule has 0 aliphatic carbocycles. The van der Waals surface area contributed by atoms with Gasteiger partial charge < -0.3 is 4.90 Å². The number of hydrogen-bond acceptors (Lipinski definition) is 3. The van der Waals surface area contributed by atoms with Gasteiger partial charge in [-0.2, -0.15) is 13.2 Å². The van der Waals surface area contributed by atoms with E-state index in [2.05, 4.69) is 16.5 Å². The predicted molar refractivity (Wildman–Crippen MR) is 110 cm³/mol. The summed E-state index contributed by atoms with van der Waals surface area (Å²) in [6.45, 7) is 5.88. The van der Waals surface area contributed by atoms with Gasteiger partial charge in [0.2, 0.25) is 5.91 Å². The van der Waals surface area contributed by atoms with Gasteiger partial charge in [-0.25, -0.2) is 0 Å². The number of aryl methyl sites for hydroxylation is 1. The van der Waals surface area contributed by atoms with Gasteiger partial charge >= 0.3 is 6.18 Å². The summed E-state index contributed by atoms with van der Waals surface area (Å²) >= 11 is 0. The maximum Gasteiger partial charge on any atom is 0.416 e. The van der Waals surface area contributed by atoms with Gasteiger partial charge in [0.05, 0.1) is 23.1 Å². The van der Waals surface area contributed by atoms with Crippen molar-refractivity contribution in [2.75, 3.05) is 11.4 Å². The van der Waals surface area contributed by atoms with Crippen molar-refractivity contribution in [3.8, 4) is 11.3 Å². The molecule has 2 heterocycles. The van der Waals surface area contributed by atoms with Crippen LogP contribution in [0.25, 0.3) is 11.3 Å². The van der Waals surface area contributed by atoms with Crippen LogP contribution in [0.3, 0.4) is 0 Å². The molecular formula is C23H20F3N3O. The van der Waals surface area contributed by atoms with E-state index in [0.717, 1.165) is 23.4 Å². The number of anilines is 1. The van der Waals surface area contributed by atoms with Gasteiger partial charge in [-0.15, -0.1) is 0 Å². The largest absolute Gasteiger partial charge is 0.416 e. The molecule has 1 aromatic carbocycles. The molecule has 0 fully saturated rings. The Balaban J connectivity index is 1.79. The van der Waals surface area contributed by atoms with Crippen molar-refractivity contribution < 1.29 is 18.0 Å². The van der Waals surface area contributed by atoms with Gasteiger partial charge in [-0.05, 0) is 55.3 Å². The molecule has 4 nitrogen and oxygen atoms in total. The SMILES string of the molecule is C=CC(=O)N(CCc1cccnc1C)c1ccc(-c2ccc(C(F)(F)F)cc2)nc1. The molecular weight excluding hydrogens is 391 g/mol. The zero-order valence-electron chi connectivity index (χ0n) is 16.4. The molecule has 3 rings (SSSR count). The van der Waals surface area contributed by atoms with Crippen LogP contribution in [0.5, 0.6) is 0 Å². The Morgan fingerprint density at radius 1 is 1.10 bits per heavy atom. The van der Waals surface area contributed by atoms with E-state index in [9.17, 15) is 18.0 Å². The Bertz CT molecular complexity index is 1030. The van der Waals surface area contributed by atoms with Gasteiger partial charge in [-0.1, -0.05) is 24.8 Å². The molecule has 7 heteroatoms. The second-order valence-electron chi connectivity index (χ2n) is 6.67. The lowest BCUT2D eigenvalue weighted by Crippen LogP contribution is -2.31. The molecule has 3 aromatic rings. The van der Waals surface area contributed by atoms with Crippen LogP contribution in [0.1, 0.15) is 16.8 Å². The highest BCUT2D eigenvalue weighted by Crippen LogP contribution is 2.31. The van der Waals surface area contributed by atoms with Crippen LogP contribution in [0.15, 0.2) is 73.6 Å². The molecule has 30 heavy (non-hydrogen) atoms. The number of nitrogens with zero attached hydrogens (tertiary/aromatic N) is 3. The number of pyridine rings is 2. The summed E-state index contributed by atoms with van der Waals surface area (Å²) in [6, 6.07) is 12.0. The van der Waals surface area contributed by atoms with Crippen LogP contribution in [0.4, 0.5) is 18.9 Å². The highest BCUT2D eigenvalue weighted by Gasteiger charge is 2.30. The Labute approximate surface area is 172 Å². The quantitative estimate of drug-likeness (QED) is 0.522. The first-order valence-corrected chi connectivity index (χ1v) is 9.27. The van der Waals surface area contributed by atoms with E-state index in [4.69, 9.17) is 0 Å². The fraction of sp³-hybridized carbons (Fsp3) is 0.174. The van der Waals surface area contributed by atoms with Crippen molar-refractivity contribution in [2.24, 2.45) is 0 Å². The van der Waals surface area contributed by atoms with Gasteiger partial charge in [0, 0.05) is 24.0 Å². The molecule has 2 aromatic heterocycles. The molecule has 0 spiro atoms. The van der Waals surface area contributed by atoms with Crippen LogP contribution >= 0.6 is 0 Å². The average Bonchev–Trinajstić information content (AvgIpc) is 2.75. The minimum atomic E-state index is -4.38. The smallest absolute Gasteiger partial charge is 0.307 e. The fourth-order valence-corrected chi connectivity index (χ4v) is 3.04. The highest BCUT2D eigenvalue weighted by atomic mass is 19.4.